The van der Waals surface area contributed by atoms with Crippen molar-refractivity contribution in [1.29, 1.82) is 0 Å². The quantitative estimate of drug-likeness (QED) is 0.796. The van der Waals surface area contributed by atoms with Gasteiger partial charge >= 0.3 is 0 Å². The molecule has 0 radical (unpaired) electrons. The third-order valence-corrected chi connectivity index (χ3v) is 7.25. The van der Waals surface area contributed by atoms with Gasteiger partial charge in [-0.25, -0.2) is 8.42 Å². The fourth-order valence-corrected chi connectivity index (χ4v) is 4.95. The Morgan fingerprint density at radius 2 is 1.67 bits per heavy atom. The van der Waals surface area contributed by atoms with Gasteiger partial charge in [0.05, 0.1) is 4.90 Å². The van der Waals surface area contributed by atoms with E-state index in [1.54, 1.807) is 37.3 Å². The first kappa shape index (κ1) is 20.6. The Bertz CT molecular complexity index is 1060. The molecular weight excluding hydrogens is 406 g/mol. The van der Waals surface area contributed by atoms with Crippen molar-refractivity contribution in [3.63, 3.8) is 0 Å². The maximum atomic E-state index is 13.0. The zero-order chi connectivity index (χ0) is 21.3. The molecule has 0 bridgehead atoms. The van der Waals surface area contributed by atoms with E-state index in [0.29, 0.717) is 67.7 Å². The smallest absolute Gasteiger partial charge is 0.255 e. The second-order valence-corrected chi connectivity index (χ2v) is 9.43. The molecule has 30 heavy (non-hydrogen) atoms. The summed E-state index contributed by atoms with van der Waals surface area (Å²) < 4.78 is 38.6. The lowest BCUT2D eigenvalue weighted by molar-refractivity contribution is 0.102. The summed E-state index contributed by atoms with van der Waals surface area (Å²) >= 11 is 0. The molecule has 2 aromatic carbocycles. The Balaban J connectivity index is 1.56. The number of carbonyl (C=O) groups excluding carboxylic acids is 1. The normalized spacial score (nSPS) is 17.5. The van der Waals surface area contributed by atoms with Crippen molar-refractivity contribution in [3.8, 4) is 11.5 Å². The number of nitrogens with one attached hydrogen (secondary N) is 1. The van der Waals surface area contributed by atoms with Gasteiger partial charge in [0.15, 0.2) is 11.5 Å². The van der Waals surface area contributed by atoms with Crippen molar-refractivity contribution in [1.82, 2.24) is 9.21 Å². The van der Waals surface area contributed by atoms with Gasteiger partial charge in [0.2, 0.25) is 10.0 Å². The molecule has 160 valence electrons. The van der Waals surface area contributed by atoms with Crippen molar-refractivity contribution in [3.05, 3.63) is 47.5 Å². The van der Waals surface area contributed by atoms with Crippen LogP contribution >= 0.6 is 0 Å². The topological polar surface area (TPSA) is 88.2 Å². The van der Waals surface area contributed by atoms with Crippen LogP contribution in [-0.4, -0.2) is 70.0 Å². The Morgan fingerprint density at radius 3 is 2.40 bits per heavy atom. The van der Waals surface area contributed by atoms with E-state index in [0.717, 1.165) is 0 Å². The lowest BCUT2D eigenvalue weighted by Gasteiger charge is -2.31. The maximum absolute atomic E-state index is 13.0. The summed E-state index contributed by atoms with van der Waals surface area (Å²) in [6, 6.07) is 9.85. The minimum atomic E-state index is -3.65. The Hall–Kier alpha value is -2.62. The average molecular weight is 432 g/mol. The number of benzene rings is 2. The largest absolute Gasteiger partial charge is 0.486 e. The second kappa shape index (κ2) is 8.25. The molecule has 2 heterocycles. The summed E-state index contributed by atoms with van der Waals surface area (Å²) in [7, 11) is -1.68. The van der Waals surface area contributed by atoms with Crippen LogP contribution in [0.3, 0.4) is 0 Å². The molecule has 1 N–H and O–H groups in total. The van der Waals surface area contributed by atoms with Gasteiger partial charge < -0.3 is 19.7 Å². The SMILES string of the molecule is Cc1ccc(S(=O)(=O)N2CCN(C)CC2)cc1C(=O)Nc1ccc2c(c1)OCCO2. The highest BCUT2D eigenvalue weighted by Crippen LogP contribution is 2.33. The van der Waals surface area contributed by atoms with Crippen molar-refractivity contribution in [2.24, 2.45) is 0 Å². The molecule has 2 aromatic rings. The molecule has 0 unspecified atom stereocenters. The fraction of sp³-hybridized carbons (Fsp3) is 0.381. The van der Waals surface area contributed by atoms with E-state index < -0.39 is 10.0 Å². The standard InChI is InChI=1S/C21H25N3O5S/c1-15-3-5-17(30(26,27)24-9-7-23(2)8-10-24)14-18(15)21(25)22-16-4-6-19-20(13-16)29-12-11-28-19/h3-6,13-14H,7-12H2,1-2H3,(H,22,25). The van der Waals surface area contributed by atoms with Gasteiger partial charge in [-0.05, 0) is 43.8 Å². The summed E-state index contributed by atoms with van der Waals surface area (Å²) in [6.45, 7) is 4.97. The first-order valence-corrected chi connectivity index (χ1v) is 11.3. The van der Waals surface area contributed by atoms with Crippen molar-refractivity contribution < 1.29 is 22.7 Å². The number of rotatable bonds is 4. The third kappa shape index (κ3) is 4.14. The molecule has 9 heteroatoms. The van der Waals surface area contributed by atoms with Crippen LogP contribution in [0.15, 0.2) is 41.3 Å². The van der Waals surface area contributed by atoms with E-state index in [4.69, 9.17) is 9.47 Å². The highest BCUT2D eigenvalue weighted by atomic mass is 32.2. The molecule has 8 nitrogen and oxygen atoms in total. The Kier molecular flexibility index (Phi) is 5.68. The molecule has 1 amide bonds. The number of fused-ring (bicyclic) bond motifs is 1. The lowest BCUT2D eigenvalue weighted by Crippen LogP contribution is -2.47. The van der Waals surface area contributed by atoms with Gasteiger partial charge in [-0.1, -0.05) is 6.07 Å². The van der Waals surface area contributed by atoms with Gasteiger partial charge in [-0.3, -0.25) is 4.79 Å². The number of likely N-dealkylation sites (N-methyl/N-ethyl adjacent to an activating group) is 1. The molecule has 2 aliphatic rings. The number of sulfonamides is 1. The van der Waals surface area contributed by atoms with Gasteiger partial charge in [-0.2, -0.15) is 4.31 Å². The molecule has 0 aromatic heterocycles. The molecule has 0 spiro atoms. The summed E-state index contributed by atoms with van der Waals surface area (Å²) in [6.07, 6.45) is 0. The molecule has 4 rings (SSSR count). The number of nitrogens with zero attached hydrogens (tertiary/aromatic N) is 2. The van der Waals surface area contributed by atoms with Crippen LogP contribution in [0.25, 0.3) is 0 Å². The van der Waals surface area contributed by atoms with Crippen molar-refractivity contribution >= 4 is 21.6 Å². The van der Waals surface area contributed by atoms with Crippen molar-refractivity contribution in [2.75, 3.05) is 51.8 Å². The van der Waals surface area contributed by atoms with Crippen molar-refractivity contribution in [2.45, 2.75) is 11.8 Å². The summed E-state index contributed by atoms with van der Waals surface area (Å²) in [4.78, 5) is 15.1. The van der Waals surface area contributed by atoms with Crippen LogP contribution in [0, 0.1) is 6.92 Å². The number of amides is 1. The zero-order valence-corrected chi connectivity index (χ0v) is 17.9. The summed E-state index contributed by atoms with van der Waals surface area (Å²) in [5.41, 5.74) is 1.57. The first-order valence-electron chi connectivity index (χ1n) is 9.85. The molecule has 0 saturated carbocycles. The van der Waals surface area contributed by atoms with Crippen LogP contribution in [0.5, 0.6) is 11.5 Å². The predicted octanol–water partition coefficient (Wildman–Crippen LogP) is 1.95. The highest BCUT2D eigenvalue weighted by molar-refractivity contribution is 7.89. The van der Waals surface area contributed by atoms with Gasteiger partial charge in [-0.15, -0.1) is 0 Å². The number of anilines is 1. The number of ether oxygens (including phenoxy) is 2. The minimum Gasteiger partial charge on any atom is -0.486 e. The van der Waals surface area contributed by atoms with Gasteiger partial charge in [0.25, 0.3) is 5.91 Å². The number of carbonyl (C=O) groups is 1. The van der Waals surface area contributed by atoms with Gasteiger partial charge in [0.1, 0.15) is 13.2 Å². The molecule has 2 aliphatic heterocycles. The minimum absolute atomic E-state index is 0.130. The van der Waals surface area contributed by atoms with Crippen LogP contribution in [0.1, 0.15) is 15.9 Å². The summed E-state index contributed by atoms with van der Waals surface area (Å²) in [5.74, 6) is 0.831. The second-order valence-electron chi connectivity index (χ2n) is 7.50. The number of hydrogen-bond acceptors (Lipinski definition) is 6. The predicted molar refractivity (Wildman–Crippen MR) is 113 cm³/mol. The highest BCUT2D eigenvalue weighted by Gasteiger charge is 2.28. The molecular formula is C21H25N3O5S. The first-order chi connectivity index (χ1) is 14.3. The number of piperazine rings is 1. The molecule has 1 saturated heterocycles. The van der Waals surface area contributed by atoms with Crippen LogP contribution in [0.2, 0.25) is 0 Å². The van der Waals surface area contributed by atoms with E-state index >= 15 is 0 Å². The van der Waals surface area contributed by atoms with E-state index in [2.05, 4.69) is 10.2 Å². The van der Waals surface area contributed by atoms with E-state index in [9.17, 15) is 13.2 Å². The third-order valence-electron chi connectivity index (χ3n) is 5.35. The molecule has 0 atom stereocenters. The Morgan fingerprint density at radius 1 is 0.967 bits per heavy atom. The van der Waals surface area contributed by atoms with Crippen LogP contribution in [0.4, 0.5) is 5.69 Å². The monoisotopic (exact) mass is 431 g/mol. The summed E-state index contributed by atoms with van der Waals surface area (Å²) in [5, 5.41) is 2.82. The zero-order valence-electron chi connectivity index (χ0n) is 17.1. The number of aryl methyl sites for hydroxylation is 1. The van der Waals surface area contributed by atoms with Crippen LogP contribution in [-0.2, 0) is 10.0 Å². The maximum Gasteiger partial charge on any atom is 0.255 e. The lowest BCUT2D eigenvalue weighted by atomic mass is 10.1. The van der Waals surface area contributed by atoms with Crippen LogP contribution < -0.4 is 14.8 Å². The molecule has 0 aliphatic carbocycles. The van der Waals surface area contributed by atoms with E-state index in [1.807, 2.05) is 7.05 Å². The molecule has 1 fully saturated rings. The van der Waals surface area contributed by atoms with Gasteiger partial charge in [0, 0.05) is 43.5 Å². The fourth-order valence-electron chi connectivity index (χ4n) is 3.50. The average Bonchev–Trinajstić information content (AvgIpc) is 2.74. The van der Waals surface area contributed by atoms with E-state index in [-0.39, 0.29) is 10.8 Å². The Labute approximate surface area is 176 Å². The van der Waals surface area contributed by atoms with E-state index in [1.165, 1.54) is 10.4 Å². The number of hydrogen-bond donors (Lipinski definition) is 1.